The number of carbonyl (C=O) groups excluding carboxylic acids is 1. The van der Waals surface area contributed by atoms with E-state index in [0.717, 1.165) is 30.5 Å². The minimum Gasteiger partial charge on any atom is -0.296 e. The maximum absolute atomic E-state index is 11.0. The van der Waals surface area contributed by atoms with Crippen LogP contribution < -0.4 is 0 Å². The zero-order valence-electron chi connectivity index (χ0n) is 11.2. The normalized spacial score (nSPS) is 14.2. The predicted octanol–water partition coefficient (Wildman–Crippen LogP) is 3.26. The van der Waals surface area contributed by atoms with Crippen molar-refractivity contribution in [2.75, 3.05) is 0 Å². The number of fused-ring (bicyclic) bond motifs is 1. The molecular formula is C16H18N2O. The first kappa shape index (κ1) is 12.2. The minimum absolute atomic E-state index is 0.648. The average molecular weight is 254 g/mol. The Bertz CT molecular complexity index is 613. The molecule has 0 N–H and O–H groups in total. The highest BCUT2D eigenvalue weighted by Gasteiger charge is 2.12. The van der Waals surface area contributed by atoms with Crippen molar-refractivity contribution < 1.29 is 4.79 Å². The summed E-state index contributed by atoms with van der Waals surface area (Å²) in [5.41, 5.74) is 5.59. The lowest BCUT2D eigenvalue weighted by molar-refractivity contribution is 0.111. The van der Waals surface area contributed by atoms with Crippen LogP contribution in [-0.4, -0.2) is 16.1 Å². The van der Waals surface area contributed by atoms with Gasteiger partial charge >= 0.3 is 0 Å². The van der Waals surface area contributed by atoms with Crippen LogP contribution in [0.4, 0.5) is 0 Å². The predicted molar refractivity (Wildman–Crippen MR) is 75.4 cm³/mol. The lowest BCUT2D eigenvalue weighted by Crippen LogP contribution is -2.03. The molecule has 0 atom stereocenters. The average Bonchev–Trinajstić information content (AvgIpc) is 2.90. The van der Waals surface area contributed by atoms with Gasteiger partial charge in [-0.05, 0) is 55.9 Å². The van der Waals surface area contributed by atoms with Gasteiger partial charge in [0.1, 0.15) is 5.69 Å². The maximum atomic E-state index is 11.0. The largest absolute Gasteiger partial charge is 0.296 e. The number of nitrogens with zero attached hydrogens (tertiary/aromatic N) is 2. The second kappa shape index (κ2) is 5.00. The summed E-state index contributed by atoms with van der Waals surface area (Å²) >= 11 is 0. The number of aromatic nitrogens is 2. The van der Waals surface area contributed by atoms with Crippen molar-refractivity contribution in [1.82, 2.24) is 9.78 Å². The molecule has 19 heavy (non-hydrogen) atoms. The molecule has 3 rings (SSSR count). The van der Waals surface area contributed by atoms with E-state index >= 15 is 0 Å². The summed E-state index contributed by atoms with van der Waals surface area (Å²) in [7, 11) is 0. The van der Waals surface area contributed by atoms with Crippen LogP contribution in [0.15, 0.2) is 24.3 Å². The fourth-order valence-corrected chi connectivity index (χ4v) is 2.81. The first-order chi connectivity index (χ1) is 9.31. The lowest BCUT2D eigenvalue weighted by Gasteiger charge is -2.15. The molecule has 0 saturated heterocycles. The Labute approximate surface area is 113 Å². The van der Waals surface area contributed by atoms with Crippen LogP contribution in [0.1, 0.15) is 41.4 Å². The van der Waals surface area contributed by atoms with E-state index in [0.29, 0.717) is 5.69 Å². The molecule has 0 saturated carbocycles. The lowest BCUT2D eigenvalue weighted by atomic mass is 9.90. The Morgan fingerprint density at radius 2 is 2.00 bits per heavy atom. The van der Waals surface area contributed by atoms with Crippen molar-refractivity contribution in [3.63, 3.8) is 0 Å². The molecule has 0 unspecified atom stereocenters. The SMILES string of the molecule is CCn1nc(-c2ccc3c(c2)CCCC3)cc1C=O. The van der Waals surface area contributed by atoms with E-state index in [-0.39, 0.29) is 0 Å². The monoisotopic (exact) mass is 254 g/mol. The molecule has 0 aliphatic heterocycles. The molecule has 0 fully saturated rings. The Morgan fingerprint density at radius 1 is 1.21 bits per heavy atom. The summed E-state index contributed by atoms with van der Waals surface area (Å²) in [6, 6.07) is 8.46. The van der Waals surface area contributed by atoms with E-state index in [4.69, 9.17) is 0 Å². The molecule has 1 heterocycles. The molecule has 1 aliphatic carbocycles. The van der Waals surface area contributed by atoms with Crippen molar-refractivity contribution >= 4 is 6.29 Å². The smallest absolute Gasteiger partial charge is 0.168 e. The number of benzene rings is 1. The van der Waals surface area contributed by atoms with Gasteiger partial charge in [0, 0.05) is 12.1 Å². The topological polar surface area (TPSA) is 34.9 Å². The highest BCUT2D eigenvalue weighted by atomic mass is 16.1. The molecule has 1 aromatic heterocycles. The summed E-state index contributed by atoms with van der Waals surface area (Å²) in [5.74, 6) is 0. The first-order valence-electron chi connectivity index (χ1n) is 6.97. The second-order valence-electron chi connectivity index (χ2n) is 5.08. The van der Waals surface area contributed by atoms with Crippen LogP contribution in [0.3, 0.4) is 0 Å². The Morgan fingerprint density at radius 3 is 2.68 bits per heavy atom. The summed E-state index contributed by atoms with van der Waals surface area (Å²) in [6.07, 6.45) is 5.81. The van der Waals surface area contributed by atoms with Gasteiger partial charge in [-0.2, -0.15) is 5.10 Å². The van der Waals surface area contributed by atoms with E-state index in [1.165, 1.54) is 30.4 Å². The molecule has 0 spiro atoms. The van der Waals surface area contributed by atoms with Crippen molar-refractivity contribution in [3.8, 4) is 11.3 Å². The quantitative estimate of drug-likeness (QED) is 0.788. The van der Waals surface area contributed by atoms with Crippen LogP contribution in [0, 0.1) is 0 Å². The summed E-state index contributed by atoms with van der Waals surface area (Å²) < 4.78 is 1.75. The van der Waals surface area contributed by atoms with Gasteiger partial charge in [0.05, 0.1) is 5.69 Å². The van der Waals surface area contributed by atoms with Crippen molar-refractivity contribution in [2.24, 2.45) is 0 Å². The van der Waals surface area contributed by atoms with Gasteiger partial charge in [0.15, 0.2) is 6.29 Å². The molecule has 98 valence electrons. The minimum atomic E-state index is 0.648. The third-order valence-electron chi connectivity index (χ3n) is 3.88. The van der Waals surface area contributed by atoms with Gasteiger partial charge in [-0.3, -0.25) is 9.48 Å². The molecule has 2 aromatic rings. The second-order valence-corrected chi connectivity index (χ2v) is 5.08. The molecule has 3 nitrogen and oxygen atoms in total. The zero-order chi connectivity index (χ0) is 13.2. The zero-order valence-corrected chi connectivity index (χ0v) is 11.2. The summed E-state index contributed by atoms with van der Waals surface area (Å²) in [6.45, 7) is 2.72. The van der Waals surface area contributed by atoms with Crippen LogP contribution in [0.5, 0.6) is 0 Å². The molecule has 1 aliphatic rings. The third kappa shape index (κ3) is 2.21. The number of rotatable bonds is 3. The fourth-order valence-electron chi connectivity index (χ4n) is 2.81. The van der Waals surface area contributed by atoms with Crippen molar-refractivity contribution in [2.45, 2.75) is 39.2 Å². The standard InChI is InChI=1S/C16H18N2O/c1-2-18-15(11-19)10-16(17-18)14-8-7-12-5-3-4-6-13(12)9-14/h7-11H,2-6H2,1H3. The van der Waals surface area contributed by atoms with E-state index < -0.39 is 0 Å². The van der Waals surface area contributed by atoms with Crippen LogP contribution in [0.25, 0.3) is 11.3 Å². The van der Waals surface area contributed by atoms with E-state index in [2.05, 4.69) is 23.3 Å². The van der Waals surface area contributed by atoms with E-state index in [1.54, 1.807) is 4.68 Å². The van der Waals surface area contributed by atoms with Crippen molar-refractivity contribution in [1.29, 1.82) is 0 Å². The Balaban J connectivity index is 2.02. The summed E-state index contributed by atoms with van der Waals surface area (Å²) in [4.78, 5) is 11.0. The highest BCUT2D eigenvalue weighted by Crippen LogP contribution is 2.27. The fraction of sp³-hybridized carbons (Fsp3) is 0.375. The van der Waals surface area contributed by atoms with Gasteiger partial charge in [0.25, 0.3) is 0 Å². The molecule has 0 amide bonds. The summed E-state index contributed by atoms with van der Waals surface area (Å²) in [5, 5.41) is 4.50. The highest BCUT2D eigenvalue weighted by molar-refractivity contribution is 5.76. The number of carbonyl (C=O) groups is 1. The molecule has 0 radical (unpaired) electrons. The number of hydrogen-bond acceptors (Lipinski definition) is 2. The van der Waals surface area contributed by atoms with Crippen molar-refractivity contribution in [3.05, 3.63) is 41.1 Å². The van der Waals surface area contributed by atoms with Crippen LogP contribution in [-0.2, 0) is 19.4 Å². The Kier molecular flexibility index (Phi) is 3.20. The Hall–Kier alpha value is -1.90. The van der Waals surface area contributed by atoms with Gasteiger partial charge in [-0.15, -0.1) is 0 Å². The molecule has 3 heteroatoms. The molecule has 0 bridgehead atoms. The number of aldehydes is 1. The number of aryl methyl sites for hydroxylation is 3. The molecular weight excluding hydrogens is 236 g/mol. The third-order valence-corrected chi connectivity index (χ3v) is 3.88. The molecule has 1 aromatic carbocycles. The van der Waals surface area contributed by atoms with Gasteiger partial charge < -0.3 is 0 Å². The van der Waals surface area contributed by atoms with Crippen LogP contribution in [0.2, 0.25) is 0 Å². The van der Waals surface area contributed by atoms with E-state index in [9.17, 15) is 4.79 Å². The van der Waals surface area contributed by atoms with Gasteiger partial charge in [-0.25, -0.2) is 0 Å². The van der Waals surface area contributed by atoms with Gasteiger partial charge in [0.2, 0.25) is 0 Å². The van der Waals surface area contributed by atoms with E-state index in [1.807, 2.05) is 13.0 Å². The first-order valence-corrected chi connectivity index (χ1v) is 6.97. The maximum Gasteiger partial charge on any atom is 0.168 e. The van der Waals surface area contributed by atoms with Crippen LogP contribution >= 0.6 is 0 Å². The number of hydrogen-bond donors (Lipinski definition) is 0. The van der Waals surface area contributed by atoms with Gasteiger partial charge in [-0.1, -0.05) is 12.1 Å².